The molecule has 4 nitrogen and oxygen atoms in total. The van der Waals surface area contributed by atoms with E-state index in [1.165, 1.54) is 5.56 Å². The lowest BCUT2D eigenvalue weighted by Crippen LogP contribution is -2.37. The molecule has 0 aliphatic carbocycles. The van der Waals surface area contributed by atoms with Crippen LogP contribution in [0.1, 0.15) is 24.1 Å². The topological polar surface area (TPSA) is 56.5 Å². The Labute approximate surface area is 118 Å². The van der Waals surface area contributed by atoms with Gasteiger partial charge in [0.2, 0.25) is 0 Å². The summed E-state index contributed by atoms with van der Waals surface area (Å²) in [5.41, 5.74) is 7.85. The molecule has 2 aromatic carbocycles. The number of hydrogen-bond donors (Lipinski definition) is 2. The fraction of sp³-hybridized carbons (Fsp3) is 0.250. The van der Waals surface area contributed by atoms with Crippen LogP contribution in [0.15, 0.2) is 48.5 Å². The summed E-state index contributed by atoms with van der Waals surface area (Å²) in [4.78, 5) is 0. The van der Waals surface area contributed by atoms with Crippen LogP contribution in [-0.4, -0.2) is 6.41 Å². The fourth-order valence-corrected chi connectivity index (χ4v) is 2.23. The quantitative estimate of drug-likeness (QED) is 0.896. The highest BCUT2D eigenvalue weighted by Crippen LogP contribution is 2.35. The molecule has 4 heteroatoms. The van der Waals surface area contributed by atoms with Gasteiger partial charge in [-0.1, -0.05) is 36.4 Å². The summed E-state index contributed by atoms with van der Waals surface area (Å²) >= 11 is 0. The van der Waals surface area contributed by atoms with Crippen molar-refractivity contribution in [3.8, 4) is 11.5 Å². The number of hydrogen-bond acceptors (Lipinski definition) is 4. The minimum absolute atomic E-state index is 0.143. The molecule has 0 spiro atoms. The molecule has 1 aliphatic heterocycles. The van der Waals surface area contributed by atoms with Crippen LogP contribution in [0.5, 0.6) is 11.5 Å². The van der Waals surface area contributed by atoms with Crippen molar-refractivity contribution in [1.82, 2.24) is 5.32 Å². The Kier molecular flexibility index (Phi) is 3.58. The third kappa shape index (κ3) is 2.61. The average Bonchev–Trinajstić information content (AvgIpc) is 2.89. The van der Waals surface area contributed by atoms with Crippen LogP contribution in [0.2, 0.25) is 0 Å². The molecule has 1 unspecified atom stereocenters. The standard InChI is InChI=1S/C16H18N2O2/c1-11(13-5-3-2-4-6-13)18-16-19-14-8-7-12(10-17)9-15(14)20-16/h2-9,11,16,18H,10,17H2,1H3/t11-,16?/m0/s1. The first-order valence-corrected chi connectivity index (χ1v) is 6.73. The largest absolute Gasteiger partial charge is 0.438 e. The summed E-state index contributed by atoms with van der Waals surface area (Å²) in [5, 5.41) is 3.30. The first-order valence-electron chi connectivity index (χ1n) is 6.73. The summed E-state index contributed by atoms with van der Waals surface area (Å²) in [6, 6.07) is 16.1. The number of nitrogens with two attached hydrogens (primary N) is 1. The van der Waals surface area contributed by atoms with Crippen molar-refractivity contribution in [2.45, 2.75) is 25.9 Å². The molecule has 1 heterocycles. The molecule has 20 heavy (non-hydrogen) atoms. The lowest BCUT2D eigenvalue weighted by atomic mass is 10.1. The number of nitrogens with one attached hydrogen (secondary N) is 1. The zero-order valence-corrected chi connectivity index (χ0v) is 11.4. The van der Waals surface area contributed by atoms with Crippen LogP contribution in [-0.2, 0) is 6.54 Å². The molecule has 1 aliphatic rings. The van der Waals surface area contributed by atoms with Gasteiger partial charge in [0, 0.05) is 12.6 Å². The first-order chi connectivity index (χ1) is 9.76. The molecule has 3 N–H and O–H groups in total. The molecule has 104 valence electrons. The van der Waals surface area contributed by atoms with Crippen molar-refractivity contribution in [2.75, 3.05) is 0 Å². The van der Waals surface area contributed by atoms with Gasteiger partial charge in [0.15, 0.2) is 11.5 Å². The van der Waals surface area contributed by atoms with E-state index in [0.717, 1.165) is 17.1 Å². The first kappa shape index (κ1) is 13.0. The van der Waals surface area contributed by atoms with E-state index >= 15 is 0 Å². The van der Waals surface area contributed by atoms with E-state index in [2.05, 4.69) is 24.4 Å². The normalized spacial score (nSPS) is 18.0. The maximum Gasteiger partial charge on any atom is 0.303 e. The minimum atomic E-state index is -0.465. The van der Waals surface area contributed by atoms with Gasteiger partial charge in [0.05, 0.1) is 0 Å². The number of benzene rings is 2. The summed E-state index contributed by atoms with van der Waals surface area (Å²) in [6.07, 6.45) is -0.465. The zero-order chi connectivity index (χ0) is 13.9. The Morgan fingerprint density at radius 2 is 1.85 bits per heavy atom. The lowest BCUT2D eigenvalue weighted by Gasteiger charge is -2.18. The summed E-state index contributed by atoms with van der Waals surface area (Å²) in [5.74, 6) is 1.49. The lowest BCUT2D eigenvalue weighted by molar-refractivity contribution is 0.00931. The van der Waals surface area contributed by atoms with Crippen molar-refractivity contribution in [3.63, 3.8) is 0 Å². The Morgan fingerprint density at radius 3 is 2.60 bits per heavy atom. The van der Waals surface area contributed by atoms with Gasteiger partial charge in [-0.25, -0.2) is 5.32 Å². The van der Waals surface area contributed by atoms with Crippen LogP contribution >= 0.6 is 0 Å². The summed E-state index contributed by atoms with van der Waals surface area (Å²) in [7, 11) is 0. The third-order valence-corrected chi connectivity index (χ3v) is 3.40. The number of ether oxygens (including phenoxy) is 2. The second-order valence-corrected chi connectivity index (χ2v) is 4.85. The molecule has 0 saturated heterocycles. The number of fused-ring (bicyclic) bond motifs is 1. The predicted octanol–water partition coefficient (Wildman–Crippen LogP) is 2.55. The Morgan fingerprint density at radius 1 is 1.10 bits per heavy atom. The van der Waals surface area contributed by atoms with Crippen molar-refractivity contribution in [3.05, 3.63) is 59.7 Å². The molecule has 0 radical (unpaired) electrons. The molecule has 0 amide bonds. The molecular formula is C16H18N2O2. The fourth-order valence-electron chi connectivity index (χ4n) is 2.23. The molecule has 0 saturated carbocycles. The monoisotopic (exact) mass is 270 g/mol. The Balaban J connectivity index is 1.67. The van der Waals surface area contributed by atoms with Gasteiger partial charge in [-0.15, -0.1) is 0 Å². The van der Waals surface area contributed by atoms with Gasteiger partial charge < -0.3 is 15.2 Å². The summed E-state index contributed by atoms with van der Waals surface area (Å²) in [6.45, 7) is 2.57. The number of rotatable bonds is 4. The second-order valence-electron chi connectivity index (χ2n) is 4.85. The average molecular weight is 270 g/mol. The third-order valence-electron chi connectivity index (χ3n) is 3.40. The minimum Gasteiger partial charge on any atom is -0.438 e. The maximum atomic E-state index is 5.75. The maximum absolute atomic E-state index is 5.75. The van der Waals surface area contributed by atoms with E-state index in [9.17, 15) is 0 Å². The van der Waals surface area contributed by atoms with Gasteiger partial charge in [-0.2, -0.15) is 0 Å². The van der Waals surface area contributed by atoms with E-state index in [1.54, 1.807) is 0 Å². The Bertz CT molecular complexity index is 586. The van der Waals surface area contributed by atoms with Crippen LogP contribution < -0.4 is 20.5 Å². The molecule has 2 atom stereocenters. The van der Waals surface area contributed by atoms with Crippen molar-refractivity contribution >= 4 is 0 Å². The van der Waals surface area contributed by atoms with Gasteiger partial charge in [0.25, 0.3) is 0 Å². The second kappa shape index (κ2) is 5.53. The molecule has 0 fully saturated rings. The van der Waals surface area contributed by atoms with Crippen LogP contribution in [0.4, 0.5) is 0 Å². The Hall–Kier alpha value is -2.04. The van der Waals surface area contributed by atoms with Crippen molar-refractivity contribution in [2.24, 2.45) is 5.73 Å². The highest BCUT2D eigenvalue weighted by atomic mass is 16.7. The molecule has 0 bridgehead atoms. The van der Waals surface area contributed by atoms with Crippen LogP contribution in [0.25, 0.3) is 0 Å². The van der Waals surface area contributed by atoms with E-state index < -0.39 is 6.41 Å². The van der Waals surface area contributed by atoms with Crippen molar-refractivity contribution < 1.29 is 9.47 Å². The SMILES string of the molecule is C[C@H](NC1Oc2ccc(CN)cc2O1)c1ccccc1. The van der Waals surface area contributed by atoms with E-state index in [0.29, 0.717) is 6.54 Å². The zero-order valence-electron chi connectivity index (χ0n) is 11.4. The van der Waals surface area contributed by atoms with E-state index in [1.807, 2.05) is 36.4 Å². The molecule has 2 aromatic rings. The summed E-state index contributed by atoms with van der Waals surface area (Å²) < 4.78 is 11.5. The molecule has 3 rings (SSSR count). The van der Waals surface area contributed by atoms with Crippen molar-refractivity contribution in [1.29, 1.82) is 0 Å². The smallest absolute Gasteiger partial charge is 0.303 e. The van der Waals surface area contributed by atoms with Gasteiger partial charge >= 0.3 is 6.41 Å². The molecule has 0 aromatic heterocycles. The highest BCUT2D eigenvalue weighted by Gasteiger charge is 2.25. The highest BCUT2D eigenvalue weighted by molar-refractivity contribution is 5.45. The van der Waals surface area contributed by atoms with Gasteiger partial charge in [-0.3, -0.25) is 0 Å². The van der Waals surface area contributed by atoms with Crippen LogP contribution in [0, 0.1) is 0 Å². The van der Waals surface area contributed by atoms with Gasteiger partial charge in [-0.05, 0) is 30.2 Å². The predicted molar refractivity (Wildman–Crippen MR) is 77.4 cm³/mol. The van der Waals surface area contributed by atoms with E-state index in [4.69, 9.17) is 15.2 Å². The molecular weight excluding hydrogens is 252 g/mol. The van der Waals surface area contributed by atoms with E-state index in [-0.39, 0.29) is 6.04 Å². The van der Waals surface area contributed by atoms with Gasteiger partial charge in [0.1, 0.15) is 0 Å². The van der Waals surface area contributed by atoms with Crippen LogP contribution in [0.3, 0.4) is 0 Å².